The predicted molar refractivity (Wildman–Crippen MR) is 59.5 cm³/mol. The highest BCUT2D eigenvalue weighted by Crippen LogP contribution is 2.39. The number of rotatable bonds is 1. The third-order valence-corrected chi connectivity index (χ3v) is 3.81. The zero-order chi connectivity index (χ0) is 11.1. The highest BCUT2D eigenvalue weighted by atomic mass is 79.9. The lowest BCUT2D eigenvalue weighted by Crippen LogP contribution is -2.03. The van der Waals surface area contributed by atoms with E-state index in [4.69, 9.17) is 0 Å². The molecule has 0 bridgehead atoms. The summed E-state index contributed by atoms with van der Waals surface area (Å²) in [5.74, 6) is 0. The molecule has 5 heteroatoms. The van der Waals surface area contributed by atoms with E-state index < -0.39 is 11.7 Å². The van der Waals surface area contributed by atoms with Crippen LogP contribution < -0.4 is 0 Å². The third-order valence-electron chi connectivity index (χ3n) is 2.13. The minimum atomic E-state index is -4.26. The standard InChI is InChI=1S/C10H6BrF3S/c11-4-6-2-1-3-7-8(10(12,13)14)5-15-9(6)7/h1-3,5H,4H2. The number of thiophene rings is 1. The average Bonchev–Trinajstić information content (AvgIpc) is 2.59. The lowest BCUT2D eigenvalue weighted by molar-refractivity contribution is -0.136. The SMILES string of the molecule is FC(F)(F)c1csc2c(CBr)cccc12. The van der Waals surface area contributed by atoms with E-state index in [1.807, 2.05) is 6.07 Å². The molecule has 2 rings (SSSR count). The molecule has 0 aliphatic heterocycles. The van der Waals surface area contributed by atoms with Gasteiger partial charge in [-0.15, -0.1) is 11.3 Å². The highest BCUT2D eigenvalue weighted by molar-refractivity contribution is 9.08. The van der Waals surface area contributed by atoms with E-state index in [1.54, 1.807) is 6.07 Å². The van der Waals surface area contributed by atoms with E-state index in [9.17, 15) is 13.2 Å². The van der Waals surface area contributed by atoms with E-state index in [-0.39, 0.29) is 0 Å². The fourth-order valence-corrected chi connectivity index (χ4v) is 3.19. The Morgan fingerprint density at radius 3 is 2.60 bits per heavy atom. The third kappa shape index (κ3) is 1.90. The molecule has 0 unspecified atom stereocenters. The van der Waals surface area contributed by atoms with Gasteiger partial charge < -0.3 is 0 Å². The molecule has 1 aromatic heterocycles. The summed E-state index contributed by atoms with van der Waals surface area (Å²) in [6.45, 7) is 0. The van der Waals surface area contributed by atoms with Crippen molar-refractivity contribution in [3.05, 3.63) is 34.7 Å². The molecular formula is C10H6BrF3S. The molecular weight excluding hydrogens is 289 g/mol. The first kappa shape index (κ1) is 11.0. The summed E-state index contributed by atoms with van der Waals surface area (Å²) >= 11 is 4.41. The van der Waals surface area contributed by atoms with Gasteiger partial charge in [-0.05, 0) is 5.56 Å². The number of alkyl halides is 4. The van der Waals surface area contributed by atoms with Gasteiger partial charge in [-0.2, -0.15) is 13.2 Å². The Morgan fingerprint density at radius 2 is 2.00 bits per heavy atom. The summed E-state index contributed by atoms with van der Waals surface area (Å²) in [7, 11) is 0. The molecule has 0 radical (unpaired) electrons. The van der Waals surface area contributed by atoms with Crippen LogP contribution in [-0.2, 0) is 11.5 Å². The molecule has 2 aromatic rings. The quantitative estimate of drug-likeness (QED) is 0.662. The van der Waals surface area contributed by atoms with E-state index >= 15 is 0 Å². The van der Waals surface area contributed by atoms with Gasteiger partial charge in [0.25, 0.3) is 0 Å². The summed E-state index contributed by atoms with van der Waals surface area (Å²) in [4.78, 5) is 0. The zero-order valence-electron chi connectivity index (χ0n) is 7.44. The maximum atomic E-state index is 12.6. The Morgan fingerprint density at radius 1 is 1.27 bits per heavy atom. The van der Waals surface area contributed by atoms with E-state index in [0.29, 0.717) is 15.4 Å². The van der Waals surface area contributed by atoms with Crippen LogP contribution in [0.2, 0.25) is 0 Å². The number of hydrogen-bond acceptors (Lipinski definition) is 1. The minimum Gasteiger partial charge on any atom is -0.166 e. The van der Waals surface area contributed by atoms with Gasteiger partial charge in [0.2, 0.25) is 0 Å². The molecule has 0 N–H and O–H groups in total. The van der Waals surface area contributed by atoms with Crippen molar-refractivity contribution >= 4 is 37.4 Å². The van der Waals surface area contributed by atoms with Crippen molar-refractivity contribution in [2.75, 3.05) is 0 Å². The Labute approximate surface area is 96.8 Å². The maximum absolute atomic E-state index is 12.6. The Hall–Kier alpha value is -0.550. The Kier molecular flexibility index (Phi) is 2.77. The monoisotopic (exact) mass is 294 g/mol. The van der Waals surface area contributed by atoms with Crippen LogP contribution in [0, 0.1) is 0 Å². The lowest BCUT2D eigenvalue weighted by atomic mass is 10.1. The second-order valence-corrected chi connectivity index (χ2v) is 4.51. The van der Waals surface area contributed by atoms with Crippen molar-refractivity contribution in [1.29, 1.82) is 0 Å². The molecule has 0 fully saturated rings. The fourth-order valence-electron chi connectivity index (χ4n) is 1.44. The Balaban J connectivity index is 2.72. The number of benzene rings is 1. The summed E-state index contributed by atoms with van der Waals surface area (Å²) in [6.07, 6.45) is -4.26. The normalized spacial score (nSPS) is 12.3. The van der Waals surface area contributed by atoms with Gasteiger partial charge in [0.05, 0.1) is 5.56 Å². The predicted octanol–water partition coefficient (Wildman–Crippen LogP) is 4.82. The molecule has 0 spiro atoms. The smallest absolute Gasteiger partial charge is 0.166 e. The lowest BCUT2D eigenvalue weighted by Gasteiger charge is -2.04. The van der Waals surface area contributed by atoms with Crippen molar-refractivity contribution in [1.82, 2.24) is 0 Å². The van der Waals surface area contributed by atoms with Gasteiger partial charge in [-0.25, -0.2) is 0 Å². The summed E-state index contributed by atoms with van der Waals surface area (Å²) in [5.41, 5.74) is 0.360. The van der Waals surface area contributed by atoms with Crippen LogP contribution in [0.25, 0.3) is 10.1 Å². The topological polar surface area (TPSA) is 0 Å². The van der Waals surface area contributed by atoms with Crippen LogP contribution in [0.4, 0.5) is 13.2 Å². The number of halogens is 4. The average molecular weight is 295 g/mol. The van der Waals surface area contributed by atoms with E-state index in [0.717, 1.165) is 16.9 Å². The molecule has 0 aliphatic rings. The van der Waals surface area contributed by atoms with E-state index in [2.05, 4.69) is 15.9 Å². The largest absolute Gasteiger partial charge is 0.417 e. The fraction of sp³-hybridized carbons (Fsp3) is 0.200. The van der Waals surface area contributed by atoms with Gasteiger partial charge in [0.1, 0.15) is 0 Å². The highest BCUT2D eigenvalue weighted by Gasteiger charge is 2.33. The van der Waals surface area contributed by atoms with Crippen LogP contribution >= 0.6 is 27.3 Å². The summed E-state index contributed by atoms with van der Waals surface area (Å²) in [6, 6.07) is 5.00. The molecule has 0 aliphatic carbocycles. The molecule has 0 amide bonds. The number of fused-ring (bicyclic) bond motifs is 1. The van der Waals surface area contributed by atoms with E-state index in [1.165, 1.54) is 11.4 Å². The Bertz CT molecular complexity index is 487. The molecule has 1 heterocycles. The molecule has 80 valence electrons. The first-order valence-corrected chi connectivity index (χ1v) is 6.16. The van der Waals surface area contributed by atoms with Crippen LogP contribution in [0.5, 0.6) is 0 Å². The zero-order valence-corrected chi connectivity index (χ0v) is 9.84. The van der Waals surface area contributed by atoms with Gasteiger partial charge >= 0.3 is 6.18 Å². The van der Waals surface area contributed by atoms with Gasteiger partial charge in [-0.3, -0.25) is 0 Å². The molecule has 0 saturated heterocycles. The molecule has 1 aromatic carbocycles. The maximum Gasteiger partial charge on any atom is 0.417 e. The van der Waals surface area contributed by atoms with Crippen LogP contribution in [0.15, 0.2) is 23.6 Å². The first-order valence-electron chi connectivity index (χ1n) is 4.16. The van der Waals surface area contributed by atoms with Gasteiger partial charge in [0.15, 0.2) is 0 Å². The summed E-state index contributed by atoms with van der Waals surface area (Å²) in [5, 5.41) is 2.04. The van der Waals surface area contributed by atoms with Crippen LogP contribution in [0.3, 0.4) is 0 Å². The number of hydrogen-bond donors (Lipinski definition) is 0. The first-order chi connectivity index (χ1) is 7.04. The van der Waals surface area contributed by atoms with Crippen molar-refractivity contribution in [2.45, 2.75) is 11.5 Å². The minimum absolute atomic E-state index is 0.296. The van der Waals surface area contributed by atoms with Crippen molar-refractivity contribution in [2.24, 2.45) is 0 Å². The van der Waals surface area contributed by atoms with Crippen molar-refractivity contribution in [3.8, 4) is 0 Å². The molecule has 15 heavy (non-hydrogen) atoms. The van der Waals surface area contributed by atoms with Crippen LogP contribution in [0.1, 0.15) is 11.1 Å². The second kappa shape index (κ2) is 3.79. The second-order valence-electron chi connectivity index (χ2n) is 3.07. The van der Waals surface area contributed by atoms with Crippen molar-refractivity contribution < 1.29 is 13.2 Å². The molecule has 0 atom stereocenters. The van der Waals surface area contributed by atoms with Gasteiger partial charge in [0, 0.05) is 20.8 Å². The van der Waals surface area contributed by atoms with Gasteiger partial charge in [-0.1, -0.05) is 34.1 Å². The molecule has 0 nitrogen and oxygen atoms in total. The molecule has 0 saturated carbocycles. The van der Waals surface area contributed by atoms with Crippen LogP contribution in [-0.4, -0.2) is 0 Å². The summed E-state index contributed by atoms with van der Waals surface area (Å²) < 4.78 is 38.5. The van der Waals surface area contributed by atoms with Crippen molar-refractivity contribution in [3.63, 3.8) is 0 Å².